The minimum atomic E-state index is -1.20. The fourth-order valence-corrected chi connectivity index (χ4v) is 2.11. The highest BCUT2D eigenvalue weighted by molar-refractivity contribution is 7.39. The molecular weight excluding hydrogens is 135 g/mol. The van der Waals surface area contributed by atoms with Gasteiger partial charge >= 0.3 is 8.10 Å². The van der Waals surface area contributed by atoms with Crippen LogP contribution in [0.15, 0.2) is 0 Å². The quantitative estimate of drug-likeness (QED) is 0.476. The fourth-order valence-electron chi connectivity index (χ4n) is 0.960. The maximum absolute atomic E-state index is 11.1. The minimum absolute atomic E-state index is 0.972. The lowest BCUT2D eigenvalue weighted by Gasteiger charge is -2.15. The molecule has 1 saturated heterocycles. The van der Waals surface area contributed by atoms with Gasteiger partial charge in [0.25, 0.3) is 0 Å². The SMILES string of the molecule is CN1CCCN(C)[P+]1=O. The standard InChI is InChI=1S/C5H12N2OP/c1-6-4-3-5-7(2)9(6)8/h3-5H2,1-2H3/q+1. The molecule has 0 aromatic heterocycles. The fraction of sp³-hybridized carbons (Fsp3) is 1.00. The highest BCUT2D eigenvalue weighted by Crippen LogP contribution is 2.32. The Kier molecular flexibility index (Phi) is 2.17. The van der Waals surface area contributed by atoms with Crippen molar-refractivity contribution in [2.75, 3.05) is 27.2 Å². The molecular formula is C5H12N2OP+. The van der Waals surface area contributed by atoms with Crippen molar-refractivity contribution >= 4 is 8.10 Å². The molecule has 1 rings (SSSR count). The van der Waals surface area contributed by atoms with Gasteiger partial charge < -0.3 is 0 Å². The Morgan fingerprint density at radius 2 is 1.67 bits per heavy atom. The molecule has 0 aromatic carbocycles. The number of rotatable bonds is 0. The van der Waals surface area contributed by atoms with Gasteiger partial charge in [-0.2, -0.15) is 0 Å². The van der Waals surface area contributed by atoms with Crippen molar-refractivity contribution in [2.45, 2.75) is 6.42 Å². The van der Waals surface area contributed by atoms with Gasteiger partial charge in [0.15, 0.2) is 0 Å². The van der Waals surface area contributed by atoms with Crippen LogP contribution >= 0.6 is 8.10 Å². The summed E-state index contributed by atoms with van der Waals surface area (Å²) in [6.07, 6.45) is 1.13. The molecule has 0 unspecified atom stereocenters. The molecule has 9 heavy (non-hydrogen) atoms. The first-order chi connectivity index (χ1) is 4.22. The molecule has 0 bridgehead atoms. The first-order valence-corrected chi connectivity index (χ1v) is 4.27. The Bertz CT molecular complexity index is 116. The molecule has 0 radical (unpaired) electrons. The maximum atomic E-state index is 11.1. The van der Waals surface area contributed by atoms with E-state index in [9.17, 15) is 4.57 Å². The van der Waals surface area contributed by atoms with Crippen molar-refractivity contribution in [2.24, 2.45) is 0 Å². The molecule has 0 atom stereocenters. The van der Waals surface area contributed by atoms with Crippen LogP contribution in [0.25, 0.3) is 0 Å². The molecule has 0 amide bonds. The molecule has 1 aliphatic rings. The summed E-state index contributed by atoms with van der Waals surface area (Å²) >= 11 is 0. The van der Waals surface area contributed by atoms with E-state index in [-0.39, 0.29) is 0 Å². The van der Waals surface area contributed by atoms with E-state index in [0.29, 0.717) is 0 Å². The van der Waals surface area contributed by atoms with Gasteiger partial charge in [0.1, 0.15) is 0 Å². The molecule has 3 nitrogen and oxygen atoms in total. The summed E-state index contributed by atoms with van der Waals surface area (Å²) < 4.78 is 14.9. The monoisotopic (exact) mass is 147 g/mol. The molecule has 1 aliphatic heterocycles. The topological polar surface area (TPSA) is 23.6 Å². The van der Waals surface area contributed by atoms with Crippen molar-refractivity contribution in [1.29, 1.82) is 0 Å². The second-order valence-electron chi connectivity index (χ2n) is 2.37. The van der Waals surface area contributed by atoms with Crippen molar-refractivity contribution in [1.82, 2.24) is 9.34 Å². The predicted octanol–water partition coefficient (Wildman–Crippen LogP) is 0.911. The van der Waals surface area contributed by atoms with E-state index in [0.717, 1.165) is 19.5 Å². The van der Waals surface area contributed by atoms with E-state index in [4.69, 9.17) is 0 Å². The second kappa shape index (κ2) is 2.74. The van der Waals surface area contributed by atoms with Gasteiger partial charge in [-0.15, -0.1) is 0 Å². The predicted molar refractivity (Wildman–Crippen MR) is 37.5 cm³/mol. The van der Waals surface area contributed by atoms with Crippen LogP contribution in [0.4, 0.5) is 0 Å². The molecule has 4 heteroatoms. The van der Waals surface area contributed by atoms with Gasteiger partial charge in [-0.25, -0.2) is 0 Å². The highest BCUT2D eigenvalue weighted by Gasteiger charge is 2.33. The lowest BCUT2D eigenvalue weighted by molar-refractivity contribution is 0.351. The lowest BCUT2D eigenvalue weighted by Crippen LogP contribution is -2.28. The molecule has 0 aliphatic carbocycles. The largest absolute Gasteiger partial charge is 0.537 e. The van der Waals surface area contributed by atoms with Crippen LogP contribution in [0.5, 0.6) is 0 Å². The highest BCUT2D eigenvalue weighted by atomic mass is 31.1. The van der Waals surface area contributed by atoms with Crippen molar-refractivity contribution in [3.05, 3.63) is 0 Å². The van der Waals surface area contributed by atoms with Crippen LogP contribution in [0.3, 0.4) is 0 Å². The van der Waals surface area contributed by atoms with Crippen molar-refractivity contribution in [3.8, 4) is 0 Å². The first-order valence-electron chi connectivity index (χ1n) is 3.11. The van der Waals surface area contributed by atoms with Crippen molar-refractivity contribution < 1.29 is 4.57 Å². The van der Waals surface area contributed by atoms with E-state index in [2.05, 4.69) is 0 Å². The summed E-state index contributed by atoms with van der Waals surface area (Å²) in [5, 5.41) is 0. The van der Waals surface area contributed by atoms with Crippen LogP contribution in [0.2, 0.25) is 0 Å². The van der Waals surface area contributed by atoms with Gasteiger partial charge in [-0.1, -0.05) is 9.34 Å². The van der Waals surface area contributed by atoms with E-state index in [1.807, 2.05) is 23.4 Å². The normalized spacial score (nSPS) is 24.9. The zero-order valence-electron chi connectivity index (χ0n) is 5.87. The number of hydrogen-bond acceptors (Lipinski definition) is 1. The molecule has 1 heterocycles. The molecule has 0 spiro atoms. The summed E-state index contributed by atoms with van der Waals surface area (Å²) in [5.41, 5.74) is 0. The zero-order valence-corrected chi connectivity index (χ0v) is 6.77. The first kappa shape index (κ1) is 7.13. The number of nitrogens with zero attached hydrogens (tertiary/aromatic N) is 2. The van der Waals surface area contributed by atoms with Crippen LogP contribution in [-0.4, -0.2) is 36.5 Å². The van der Waals surface area contributed by atoms with E-state index in [1.54, 1.807) is 0 Å². The van der Waals surface area contributed by atoms with Crippen LogP contribution in [0.1, 0.15) is 6.42 Å². The van der Waals surface area contributed by atoms with Crippen LogP contribution in [0, 0.1) is 0 Å². The summed E-state index contributed by atoms with van der Waals surface area (Å²) in [6, 6.07) is 0. The molecule has 1 fully saturated rings. The molecule has 0 N–H and O–H groups in total. The van der Waals surface area contributed by atoms with E-state index in [1.165, 1.54) is 0 Å². The third-order valence-corrected chi connectivity index (χ3v) is 3.12. The molecule has 52 valence electrons. The average Bonchev–Trinajstić information content (AvgIpc) is 1.83. The van der Waals surface area contributed by atoms with Crippen LogP contribution in [-0.2, 0) is 4.57 Å². The summed E-state index contributed by atoms with van der Waals surface area (Å²) in [6.45, 7) is 1.94. The summed E-state index contributed by atoms with van der Waals surface area (Å²) in [5.74, 6) is 0. The third kappa shape index (κ3) is 1.48. The minimum Gasteiger partial charge on any atom is -0.0820 e. The number of hydrogen-bond donors (Lipinski definition) is 0. The van der Waals surface area contributed by atoms with Gasteiger partial charge in [0.05, 0.1) is 0 Å². The van der Waals surface area contributed by atoms with Gasteiger partial charge in [-0.05, 0) is 11.0 Å². The Labute approximate surface area is 56.5 Å². The van der Waals surface area contributed by atoms with E-state index >= 15 is 0 Å². The van der Waals surface area contributed by atoms with Gasteiger partial charge in [0, 0.05) is 27.2 Å². The zero-order chi connectivity index (χ0) is 6.85. The van der Waals surface area contributed by atoms with E-state index < -0.39 is 8.10 Å². The van der Waals surface area contributed by atoms with Crippen molar-refractivity contribution in [3.63, 3.8) is 0 Å². The summed E-state index contributed by atoms with van der Waals surface area (Å²) in [7, 11) is 2.60. The van der Waals surface area contributed by atoms with Gasteiger partial charge in [0.2, 0.25) is 0 Å². The molecule has 0 saturated carbocycles. The smallest absolute Gasteiger partial charge is 0.0820 e. The van der Waals surface area contributed by atoms with Gasteiger partial charge in [-0.3, -0.25) is 0 Å². The Hall–Kier alpha value is 0.0200. The average molecular weight is 147 g/mol. The lowest BCUT2D eigenvalue weighted by atomic mass is 10.4. The second-order valence-corrected chi connectivity index (χ2v) is 4.24. The summed E-state index contributed by atoms with van der Waals surface area (Å²) in [4.78, 5) is 0. The Morgan fingerprint density at radius 1 is 1.22 bits per heavy atom. The Balaban J connectivity index is 2.52. The third-order valence-electron chi connectivity index (χ3n) is 1.55. The maximum Gasteiger partial charge on any atom is 0.537 e. The Morgan fingerprint density at radius 3 is 2.00 bits per heavy atom. The molecule has 0 aromatic rings. The van der Waals surface area contributed by atoms with Crippen LogP contribution < -0.4 is 0 Å².